The fraction of sp³-hybridized carbons (Fsp3) is 0.167. The van der Waals surface area contributed by atoms with Gasteiger partial charge in [0.05, 0.1) is 40.5 Å². The first kappa shape index (κ1) is 32.9. The molecule has 50 heavy (non-hydrogen) atoms. The highest BCUT2D eigenvalue weighted by molar-refractivity contribution is 7.22. The Kier molecular flexibility index (Phi) is 8.80. The zero-order valence-corrected chi connectivity index (χ0v) is 27.1. The van der Waals surface area contributed by atoms with Crippen LogP contribution in [0.5, 0.6) is 17.2 Å². The topological polar surface area (TPSA) is 98.6 Å². The second-order valence-corrected chi connectivity index (χ2v) is 12.6. The quantitative estimate of drug-likeness (QED) is 0.146. The maximum Gasteiger partial charge on any atom is 0.272 e. The third-order valence-corrected chi connectivity index (χ3v) is 9.03. The molecule has 0 atom stereocenters. The number of hydrogen-bond acceptors (Lipinski definition) is 8. The predicted octanol–water partition coefficient (Wildman–Crippen LogP) is 7.68. The number of aromatic nitrogens is 3. The molecular weight excluding hydrogens is 674 g/mol. The van der Waals surface area contributed by atoms with Crippen molar-refractivity contribution in [3.63, 3.8) is 0 Å². The molecule has 0 bridgehead atoms. The Hall–Kier alpha value is -5.60. The highest BCUT2D eigenvalue weighted by atomic mass is 32.1. The van der Waals surface area contributed by atoms with Crippen molar-refractivity contribution in [3.8, 4) is 33.5 Å². The summed E-state index contributed by atoms with van der Waals surface area (Å²) < 4.78 is 68.5. The molecule has 9 nitrogen and oxygen atoms in total. The number of rotatable bonds is 10. The maximum absolute atomic E-state index is 15.4. The number of nitrogens with zero attached hydrogens (tertiary/aromatic N) is 4. The van der Waals surface area contributed by atoms with Crippen molar-refractivity contribution < 1.29 is 31.8 Å². The first-order valence-electron chi connectivity index (χ1n) is 15.4. The zero-order valence-electron chi connectivity index (χ0n) is 26.3. The van der Waals surface area contributed by atoms with E-state index in [9.17, 15) is 22.8 Å². The lowest BCUT2D eigenvalue weighted by molar-refractivity contribution is -0.133. The van der Waals surface area contributed by atoms with Crippen LogP contribution in [0.25, 0.3) is 26.5 Å². The van der Waals surface area contributed by atoms with Gasteiger partial charge >= 0.3 is 0 Å². The lowest BCUT2D eigenvalue weighted by Crippen LogP contribution is -2.55. The van der Waals surface area contributed by atoms with E-state index in [0.29, 0.717) is 33.9 Å². The number of ether oxygens (including phenoxy) is 2. The Morgan fingerprint density at radius 3 is 2.46 bits per heavy atom. The van der Waals surface area contributed by atoms with E-state index in [-0.39, 0.29) is 42.4 Å². The molecule has 5 heterocycles. The monoisotopic (exact) mass is 701 g/mol. The van der Waals surface area contributed by atoms with E-state index in [1.54, 1.807) is 24.1 Å². The van der Waals surface area contributed by atoms with Gasteiger partial charge in [0.1, 0.15) is 22.9 Å². The Bertz CT molecular complexity index is 2270. The molecule has 0 radical (unpaired) electrons. The highest BCUT2D eigenvalue weighted by Gasteiger charge is 2.43. The van der Waals surface area contributed by atoms with E-state index in [0.717, 1.165) is 16.5 Å². The fourth-order valence-corrected chi connectivity index (χ4v) is 6.59. The third-order valence-electron chi connectivity index (χ3n) is 7.86. The van der Waals surface area contributed by atoms with Crippen LogP contribution in [0.1, 0.15) is 22.8 Å². The molecule has 1 aliphatic heterocycles. The summed E-state index contributed by atoms with van der Waals surface area (Å²) in [5.41, 5.74) is 1.49. The van der Waals surface area contributed by atoms with Crippen LogP contribution in [-0.2, 0) is 6.54 Å². The standard InChI is InChI=1S/C36H27F4N5O4S/c1-2-48-29-12-14-45(24-7-4-22(37)5-8-24)35(47)32(29)34(46)43-23-6-10-28(25(38)15-23)49-30-11-13-41-27-16-31(50-33(27)30)26-9-3-21(17-42-26)18-44-19-36(39,40)20-44/h3-17H,2,18-20H2,1H3,(H,43,46). The number of alkyl halides is 2. The summed E-state index contributed by atoms with van der Waals surface area (Å²) in [6.45, 7) is 1.75. The lowest BCUT2D eigenvalue weighted by atomic mass is 10.1. The molecule has 1 aliphatic rings. The van der Waals surface area contributed by atoms with Crippen molar-refractivity contribution in [2.75, 3.05) is 25.0 Å². The molecule has 2 aromatic carbocycles. The number of pyridine rings is 3. The Morgan fingerprint density at radius 2 is 1.76 bits per heavy atom. The van der Waals surface area contributed by atoms with Gasteiger partial charge in [-0.05, 0) is 67.1 Å². The molecule has 7 rings (SSSR count). The number of likely N-dealkylation sites (tertiary alicyclic amines) is 1. The second-order valence-electron chi connectivity index (χ2n) is 11.5. The van der Waals surface area contributed by atoms with Crippen molar-refractivity contribution in [2.24, 2.45) is 0 Å². The van der Waals surface area contributed by atoms with Crippen LogP contribution in [0.15, 0.2) is 96.2 Å². The molecule has 1 fully saturated rings. The van der Waals surface area contributed by atoms with Crippen molar-refractivity contribution in [3.05, 3.63) is 125 Å². The van der Waals surface area contributed by atoms with Crippen LogP contribution in [0.3, 0.4) is 0 Å². The summed E-state index contributed by atoms with van der Waals surface area (Å²) in [6, 6.07) is 17.6. The van der Waals surface area contributed by atoms with Gasteiger partial charge in [-0.2, -0.15) is 0 Å². The summed E-state index contributed by atoms with van der Waals surface area (Å²) in [6.07, 6.45) is 4.62. The summed E-state index contributed by atoms with van der Waals surface area (Å²) in [7, 11) is 0. The molecule has 254 valence electrons. The predicted molar refractivity (Wildman–Crippen MR) is 181 cm³/mol. The minimum absolute atomic E-state index is 0.0379. The number of hydrogen-bond donors (Lipinski definition) is 1. The van der Waals surface area contributed by atoms with Gasteiger partial charge in [0.25, 0.3) is 17.4 Å². The average molecular weight is 702 g/mol. The van der Waals surface area contributed by atoms with Gasteiger partial charge in [-0.25, -0.2) is 17.6 Å². The van der Waals surface area contributed by atoms with Crippen molar-refractivity contribution in [1.29, 1.82) is 0 Å². The van der Waals surface area contributed by atoms with Gasteiger partial charge in [0.2, 0.25) is 0 Å². The Labute approximate surface area is 286 Å². The molecule has 14 heteroatoms. The minimum Gasteiger partial charge on any atom is -0.493 e. The van der Waals surface area contributed by atoms with Gasteiger partial charge in [0, 0.05) is 48.6 Å². The smallest absolute Gasteiger partial charge is 0.272 e. The molecule has 0 saturated carbocycles. The van der Waals surface area contributed by atoms with E-state index < -0.39 is 29.0 Å². The molecule has 1 amide bonds. The Morgan fingerprint density at radius 1 is 0.960 bits per heavy atom. The summed E-state index contributed by atoms with van der Waals surface area (Å²) in [5.74, 6) is -4.43. The maximum atomic E-state index is 15.4. The van der Waals surface area contributed by atoms with Gasteiger partial charge < -0.3 is 14.8 Å². The van der Waals surface area contributed by atoms with Crippen LogP contribution in [-0.4, -0.2) is 51.0 Å². The number of carbonyl (C=O) groups is 1. The first-order chi connectivity index (χ1) is 24.1. The van der Waals surface area contributed by atoms with E-state index >= 15 is 4.39 Å². The van der Waals surface area contributed by atoms with Crippen molar-refractivity contribution >= 4 is 33.1 Å². The molecule has 4 aromatic heterocycles. The van der Waals surface area contributed by atoms with Crippen molar-refractivity contribution in [1.82, 2.24) is 19.4 Å². The number of thiophene rings is 1. The largest absolute Gasteiger partial charge is 0.493 e. The van der Waals surface area contributed by atoms with Crippen molar-refractivity contribution in [2.45, 2.75) is 19.4 Å². The summed E-state index contributed by atoms with van der Waals surface area (Å²) >= 11 is 1.35. The number of carbonyl (C=O) groups excluding carboxylic acids is 1. The summed E-state index contributed by atoms with van der Waals surface area (Å²) in [5, 5.41) is 2.55. The second kappa shape index (κ2) is 13.4. The van der Waals surface area contributed by atoms with Crippen LogP contribution in [0.4, 0.5) is 23.2 Å². The van der Waals surface area contributed by atoms with Gasteiger partial charge in [-0.15, -0.1) is 11.3 Å². The van der Waals surface area contributed by atoms with Crippen LogP contribution in [0, 0.1) is 11.6 Å². The van der Waals surface area contributed by atoms with Crippen LogP contribution in [0.2, 0.25) is 0 Å². The third kappa shape index (κ3) is 6.80. The van der Waals surface area contributed by atoms with Gasteiger partial charge in [-0.3, -0.25) is 29.0 Å². The van der Waals surface area contributed by atoms with E-state index in [2.05, 4.69) is 15.3 Å². The van der Waals surface area contributed by atoms with Gasteiger partial charge in [-0.1, -0.05) is 6.07 Å². The molecule has 0 aliphatic carbocycles. The van der Waals surface area contributed by atoms with E-state index in [1.165, 1.54) is 70.8 Å². The van der Waals surface area contributed by atoms with Gasteiger partial charge in [0.15, 0.2) is 11.6 Å². The first-order valence-corrected chi connectivity index (χ1v) is 16.3. The Balaban J connectivity index is 1.08. The molecule has 1 N–H and O–H groups in total. The molecule has 0 spiro atoms. The number of halogens is 4. The molecular formula is C36H27F4N5O4S. The zero-order chi connectivity index (χ0) is 35.0. The summed E-state index contributed by atoms with van der Waals surface area (Å²) in [4.78, 5) is 38.1. The molecule has 0 unspecified atom stereocenters. The molecule has 1 saturated heterocycles. The number of amides is 1. The normalized spacial score (nSPS) is 13.9. The number of fused-ring (bicyclic) bond motifs is 1. The SMILES string of the molecule is CCOc1ccn(-c2ccc(F)cc2)c(=O)c1C(=O)Nc1ccc(Oc2ccnc3cc(-c4ccc(CN5CC(F)(F)C5)cn4)sc23)c(F)c1. The van der Waals surface area contributed by atoms with E-state index in [1.807, 2.05) is 18.2 Å². The molecule has 6 aromatic rings. The number of benzene rings is 2. The fourth-order valence-electron chi connectivity index (χ4n) is 5.55. The number of anilines is 1. The average Bonchev–Trinajstić information content (AvgIpc) is 3.52. The van der Waals surface area contributed by atoms with E-state index in [4.69, 9.17) is 9.47 Å². The van der Waals surface area contributed by atoms with Crippen LogP contribution >= 0.6 is 11.3 Å². The lowest BCUT2D eigenvalue weighted by Gasteiger charge is -2.38. The number of nitrogens with one attached hydrogen (secondary N) is 1. The minimum atomic E-state index is -2.63. The van der Waals surface area contributed by atoms with Crippen LogP contribution < -0.4 is 20.3 Å². The highest BCUT2D eigenvalue weighted by Crippen LogP contribution is 2.39.